The summed E-state index contributed by atoms with van der Waals surface area (Å²) in [6, 6.07) is 22.8. The van der Waals surface area contributed by atoms with Gasteiger partial charge in [0.05, 0.1) is 11.4 Å². The van der Waals surface area contributed by atoms with Crippen molar-refractivity contribution in [3.05, 3.63) is 71.4 Å². The molecule has 4 aromatic rings. The van der Waals surface area contributed by atoms with Crippen molar-refractivity contribution in [2.75, 3.05) is 11.4 Å². The predicted octanol–water partition coefficient (Wildman–Crippen LogP) is 9.96. The van der Waals surface area contributed by atoms with E-state index >= 15 is 0 Å². The minimum atomic E-state index is 0.715. The molecule has 0 aliphatic carbocycles. The monoisotopic (exact) mass is 475 g/mol. The van der Waals surface area contributed by atoms with Crippen molar-refractivity contribution in [2.45, 2.75) is 49.3 Å². The van der Waals surface area contributed by atoms with E-state index in [1.54, 1.807) is 0 Å². The van der Waals surface area contributed by atoms with Crippen molar-refractivity contribution in [3.63, 3.8) is 0 Å². The largest absolute Gasteiger partial charge is 0.339 e. The molecule has 0 saturated carbocycles. The minimum Gasteiger partial charge on any atom is -0.339 e. The Morgan fingerprint density at radius 2 is 1.38 bits per heavy atom. The van der Waals surface area contributed by atoms with Crippen LogP contribution in [-0.2, 0) is 0 Å². The fraction of sp³-hybridized carbons (Fsp3) is 0.286. The smallest absolute Gasteiger partial charge is 0.0553 e. The van der Waals surface area contributed by atoms with E-state index in [2.05, 4.69) is 90.2 Å². The second-order valence-corrected chi connectivity index (χ2v) is 11.4. The lowest BCUT2D eigenvalue weighted by molar-refractivity contribution is 0.457. The quantitative estimate of drug-likeness (QED) is 0.249. The lowest BCUT2D eigenvalue weighted by Crippen LogP contribution is -2.27. The van der Waals surface area contributed by atoms with Crippen LogP contribution >= 0.6 is 34.4 Å². The van der Waals surface area contributed by atoms with Gasteiger partial charge in [0.1, 0.15) is 0 Å². The van der Waals surface area contributed by atoms with Crippen LogP contribution in [0.4, 0.5) is 11.4 Å². The summed E-state index contributed by atoms with van der Waals surface area (Å²) in [5.41, 5.74) is 5.37. The number of hydrogen-bond donors (Lipinski definition) is 0. The molecule has 0 spiro atoms. The molecule has 1 aliphatic heterocycles. The first-order valence-electron chi connectivity index (χ1n) is 11.6. The molecule has 1 nitrogen and oxygen atoms in total. The zero-order valence-corrected chi connectivity index (χ0v) is 21.2. The molecule has 0 saturated heterocycles. The fourth-order valence-electron chi connectivity index (χ4n) is 4.45. The number of nitrogens with zero attached hydrogens (tertiary/aromatic N) is 1. The zero-order valence-electron chi connectivity index (χ0n) is 18.7. The van der Waals surface area contributed by atoms with Gasteiger partial charge in [0, 0.05) is 26.1 Å². The molecule has 5 rings (SSSR count). The molecule has 4 heteroatoms. The molecule has 1 atom stereocenters. The van der Waals surface area contributed by atoms with Gasteiger partial charge in [-0.1, -0.05) is 69.1 Å². The van der Waals surface area contributed by atoms with Gasteiger partial charge in [-0.3, -0.25) is 0 Å². The first kappa shape index (κ1) is 21.8. The SMILES string of the molecule is CCCCC(CC)CN1c2ccc(-c3cccs3)cc2Sc2cc(-c3cccs3)ccc21. The number of hydrogen-bond acceptors (Lipinski definition) is 4. The molecule has 0 bridgehead atoms. The predicted molar refractivity (Wildman–Crippen MR) is 144 cm³/mol. The standard InChI is InChI=1S/C28H29NS3/c1-3-5-8-20(4-2)19-29-23-13-11-21(25-9-6-15-30-25)17-27(23)32-28-18-22(12-14-24(28)29)26-10-7-16-31-26/h6-7,9-18,20H,3-5,8,19H2,1-2H3. The Morgan fingerprint density at radius 3 is 1.84 bits per heavy atom. The first-order chi connectivity index (χ1) is 15.8. The van der Waals surface area contributed by atoms with Crippen LogP contribution in [0.25, 0.3) is 20.9 Å². The summed E-state index contributed by atoms with van der Waals surface area (Å²) < 4.78 is 0. The second-order valence-electron chi connectivity index (χ2n) is 8.45. The molecule has 0 fully saturated rings. The highest BCUT2D eigenvalue weighted by Gasteiger charge is 2.26. The zero-order chi connectivity index (χ0) is 21.9. The maximum absolute atomic E-state index is 2.60. The van der Waals surface area contributed by atoms with Gasteiger partial charge < -0.3 is 4.90 Å². The maximum atomic E-state index is 2.60. The van der Waals surface area contributed by atoms with E-state index in [4.69, 9.17) is 0 Å². The van der Waals surface area contributed by atoms with Gasteiger partial charge in [-0.05, 0) is 70.6 Å². The normalized spacial score (nSPS) is 13.6. The molecular formula is C28H29NS3. The molecule has 3 heterocycles. The van der Waals surface area contributed by atoms with Crippen molar-refractivity contribution in [1.29, 1.82) is 0 Å². The van der Waals surface area contributed by atoms with Crippen molar-refractivity contribution in [2.24, 2.45) is 5.92 Å². The summed E-state index contributed by atoms with van der Waals surface area (Å²) in [4.78, 5) is 8.02. The van der Waals surface area contributed by atoms with Gasteiger partial charge in [-0.2, -0.15) is 0 Å². The molecule has 2 aromatic heterocycles. The van der Waals surface area contributed by atoms with E-state index < -0.39 is 0 Å². The summed E-state index contributed by atoms with van der Waals surface area (Å²) >= 11 is 5.56. The van der Waals surface area contributed by atoms with Gasteiger partial charge in [-0.25, -0.2) is 0 Å². The summed E-state index contributed by atoms with van der Waals surface area (Å²) in [6.45, 7) is 5.74. The average molecular weight is 476 g/mol. The molecule has 2 aromatic carbocycles. The molecule has 0 N–H and O–H groups in total. The van der Waals surface area contributed by atoms with Gasteiger partial charge in [0.15, 0.2) is 0 Å². The van der Waals surface area contributed by atoms with E-state index in [1.165, 1.54) is 67.7 Å². The van der Waals surface area contributed by atoms with E-state index in [-0.39, 0.29) is 0 Å². The lowest BCUT2D eigenvalue weighted by Gasteiger charge is -2.35. The fourth-order valence-corrected chi connectivity index (χ4v) is 7.07. The number of anilines is 2. The third kappa shape index (κ3) is 4.41. The molecule has 0 amide bonds. The van der Waals surface area contributed by atoms with Crippen molar-refractivity contribution in [3.8, 4) is 20.9 Å². The molecule has 1 unspecified atom stereocenters. The van der Waals surface area contributed by atoms with Gasteiger partial charge in [0.2, 0.25) is 0 Å². The third-order valence-electron chi connectivity index (χ3n) is 6.32. The van der Waals surface area contributed by atoms with Crippen LogP contribution < -0.4 is 4.90 Å². The Kier molecular flexibility index (Phi) is 6.72. The Hall–Kier alpha value is -2.01. The highest BCUT2D eigenvalue weighted by atomic mass is 32.2. The van der Waals surface area contributed by atoms with E-state index in [9.17, 15) is 0 Å². The van der Waals surface area contributed by atoms with Gasteiger partial charge in [0.25, 0.3) is 0 Å². The molecule has 32 heavy (non-hydrogen) atoms. The summed E-state index contributed by atoms with van der Waals surface area (Å²) in [7, 11) is 0. The van der Waals surface area contributed by atoms with Gasteiger partial charge >= 0.3 is 0 Å². The van der Waals surface area contributed by atoms with E-state index in [1.807, 2.05) is 34.4 Å². The third-order valence-corrected chi connectivity index (χ3v) is 9.25. The van der Waals surface area contributed by atoms with E-state index in [0.717, 1.165) is 6.54 Å². The van der Waals surface area contributed by atoms with Crippen molar-refractivity contribution >= 4 is 45.8 Å². The highest BCUT2D eigenvalue weighted by Crippen LogP contribution is 2.51. The lowest BCUT2D eigenvalue weighted by atomic mass is 9.97. The van der Waals surface area contributed by atoms with Crippen molar-refractivity contribution in [1.82, 2.24) is 0 Å². The topological polar surface area (TPSA) is 3.24 Å². The minimum absolute atomic E-state index is 0.715. The van der Waals surface area contributed by atoms with Crippen LogP contribution in [0.15, 0.2) is 81.2 Å². The Balaban J connectivity index is 1.56. The molecular weight excluding hydrogens is 447 g/mol. The van der Waals surface area contributed by atoms with Crippen LogP contribution in [0.3, 0.4) is 0 Å². The number of thiophene rings is 2. The summed E-state index contributed by atoms with van der Waals surface area (Å²) in [5.74, 6) is 0.715. The van der Waals surface area contributed by atoms with Crippen LogP contribution in [0, 0.1) is 5.92 Å². The molecule has 0 radical (unpaired) electrons. The summed E-state index contributed by atoms with van der Waals surface area (Å²) in [6.07, 6.45) is 5.13. The summed E-state index contributed by atoms with van der Waals surface area (Å²) in [5, 5.41) is 4.33. The Morgan fingerprint density at radius 1 is 0.781 bits per heavy atom. The van der Waals surface area contributed by atoms with Crippen LogP contribution in [0.2, 0.25) is 0 Å². The number of fused-ring (bicyclic) bond motifs is 2. The van der Waals surface area contributed by atoms with Crippen LogP contribution in [0.1, 0.15) is 39.5 Å². The number of unbranched alkanes of at least 4 members (excludes halogenated alkanes) is 1. The highest BCUT2D eigenvalue weighted by molar-refractivity contribution is 7.99. The Bertz CT molecular complexity index is 1080. The van der Waals surface area contributed by atoms with Gasteiger partial charge in [-0.15, -0.1) is 22.7 Å². The first-order valence-corrected chi connectivity index (χ1v) is 14.2. The molecule has 164 valence electrons. The molecule has 1 aliphatic rings. The van der Waals surface area contributed by atoms with Crippen LogP contribution in [-0.4, -0.2) is 6.54 Å². The van der Waals surface area contributed by atoms with E-state index in [0.29, 0.717) is 5.92 Å². The van der Waals surface area contributed by atoms with Crippen molar-refractivity contribution < 1.29 is 0 Å². The maximum Gasteiger partial charge on any atom is 0.0553 e. The number of rotatable bonds is 8. The average Bonchev–Trinajstić information content (AvgIpc) is 3.55. The second kappa shape index (κ2) is 9.86. The number of benzene rings is 2. The van der Waals surface area contributed by atoms with Crippen LogP contribution in [0.5, 0.6) is 0 Å². The Labute approximate surface area is 204 Å².